The maximum atomic E-state index is 4.53. The molecular weight excluding hydrogens is 246 g/mol. The number of aryl methyl sites for hydroxylation is 1. The molecule has 3 heteroatoms. The molecule has 4 rings (SSSR count). The molecule has 2 aromatic carbocycles. The van der Waals surface area contributed by atoms with Gasteiger partial charge in [-0.25, -0.2) is 4.98 Å². The van der Waals surface area contributed by atoms with Crippen molar-refractivity contribution in [2.24, 2.45) is 0 Å². The van der Waals surface area contributed by atoms with Gasteiger partial charge in [0.1, 0.15) is 0 Å². The Morgan fingerprint density at radius 2 is 2.00 bits per heavy atom. The lowest BCUT2D eigenvalue weighted by molar-refractivity contribution is 1.23. The van der Waals surface area contributed by atoms with Gasteiger partial charge in [0, 0.05) is 34.2 Å². The Balaban J connectivity index is 2.14. The molecule has 0 saturated heterocycles. The van der Waals surface area contributed by atoms with Crippen molar-refractivity contribution in [3.8, 4) is 11.1 Å². The highest BCUT2D eigenvalue weighted by Crippen LogP contribution is 2.33. The van der Waals surface area contributed by atoms with Crippen LogP contribution in [-0.2, 0) is 0 Å². The number of nitrogens with one attached hydrogen (secondary N) is 1. The number of hydrogen-bond donors (Lipinski definition) is 1. The summed E-state index contributed by atoms with van der Waals surface area (Å²) in [7, 11) is 0. The fourth-order valence-electron chi connectivity index (χ4n) is 2.71. The number of benzene rings is 2. The lowest BCUT2D eigenvalue weighted by atomic mass is 9.99. The topological polar surface area (TPSA) is 41.6 Å². The molecule has 96 valence electrons. The maximum Gasteiger partial charge on any atom is 0.0923 e. The molecule has 2 aromatic heterocycles. The van der Waals surface area contributed by atoms with Gasteiger partial charge < -0.3 is 4.98 Å². The van der Waals surface area contributed by atoms with E-state index in [0.717, 1.165) is 27.4 Å². The zero-order valence-corrected chi connectivity index (χ0v) is 11.1. The summed E-state index contributed by atoms with van der Waals surface area (Å²) in [5.41, 5.74) is 5.71. The summed E-state index contributed by atoms with van der Waals surface area (Å²) in [6, 6.07) is 12.7. The molecule has 0 unspecified atom stereocenters. The van der Waals surface area contributed by atoms with Crippen LogP contribution in [0.4, 0.5) is 0 Å². The zero-order chi connectivity index (χ0) is 13.5. The Bertz CT molecular complexity index is 922. The number of fused-ring (bicyclic) bond motifs is 3. The van der Waals surface area contributed by atoms with Crippen LogP contribution in [0.3, 0.4) is 0 Å². The minimum absolute atomic E-state index is 1.03. The third-order valence-electron chi connectivity index (χ3n) is 3.65. The Kier molecular flexibility index (Phi) is 2.33. The van der Waals surface area contributed by atoms with Crippen LogP contribution in [0, 0.1) is 6.92 Å². The van der Waals surface area contributed by atoms with E-state index < -0.39 is 0 Å². The summed E-state index contributed by atoms with van der Waals surface area (Å²) in [5.74, 6) is 0. The van der Waals surface area contributed by atoms with E-state index in [0.29, 0.717) is 0 Å². The minimum Gasteiger partial charge on any atom is -0.346 e. The normalized spacial score (nSPS) is 11.2. The minimum atomic E-state index is 1.03. The second-order valence-electron chi connectivity index (χ2n) is 5.01. The molecule has 0 bridgehead atoms. The molecule has 4 aromatic rings. The van der Waals surface area contributed by atoms with E-state index in [4.69, 9.17) is 0 Å². The van der Waals surface area contributed by atoms with E-state index in [1.165, 1.54) is 11.1 Å². The van der Waals surface area contributed by atoms with Gasteiger partial charge in [0.25, 0.3) is 0 Å². The average molecular weight is 259 g/mol. The van der Waals surface area contributed by atoms with Crippen molar-refractivity contribution in [1.82, 2.24) is 15.0 Å². The fourth-order valence-corrected chi connectivity index (χ4v) is 2.71. The predicted octanol–water partition coefficient (Wildman–Crippen LogP) is 4.09. The van der Waals surface area contributed by atoms with Gasteiger partial charge in [-0.3, -0.25) is 4.98 Å². The van der Waals surface area contributed by atoms with Gasteiger partial charge >= 0.3 is 0 Å². The second-order valence-corrected chi connectivity index (χ2v) is 5.01. The number of hydrogen-bond acceptors (Lipinski definition) is 2. The van der Waals surface area contributed by atoms with Gasteiger partial charge in [-0.1, -0.05) is 29.8 Å². The van der Waals surface area contributed by atoms with Crippen LogP contribution >= 0.6 is 0 Å². The lowest BCUT2D eigenvalue weighted by Crippen LogP contribution is -1.87. The average Bonchev–Trinajstić information content (AvgIpc) is 2.96. The third-order valence-corrected chi connectivity index (χ3v) is 3.65. The number of aromatic amines is 1. The van der Waals surface area contributed by atoms with Crippen molar-refractivity contribution in [3.05, 3.63) is 60.7 Å². The molecule has 2 heterocycles. The van der Waals surface area contributed by atoms with E-state index in [1.54, 1.807) is 6.33 Å². The smallest absolute Gasteiger partial charge is 0.0923 e. The molecule has 0 aliphatic heterocycles. The SMILES string of the molecule is Cc1cccc(-c2cc3[nH]cncc3c3ccnc23)c1. The first-order valence-electron chi connectivity index (χ1n) is 6.60. The summed E-state index contributed by atoms with van der Waals surface area (Å²) >= 11 is 0. The van der Waals surface area contributed by atoms with Crippen LogP contribution in [0.15, 0.2) is 55.1 Å². The van der Waals surface area contributed by atoms with Crippen molar-refractivity contribution in [3.63, 3.8) is 0 Å². The van der Waals surface area contributed by atoms with E-state index >= 15 is 0 Å². The first kappa shape index (κ1) is 11.2. The molecule has 0 fully saturated rings. The molecule has 1 N–H and O–H groups in total. The highest BCUT2D eigenvalue weighted by Gasteiger charge is 2.10. The van der Waals surface area contributed by atoms with Crippen LogP contribution in [0.1, 0.15) is 5.56 Å². The van der Waals surface area contributed by atoms with Gasteiger partial charge in [0.15, 0.2) is 0 Å². The molecule has 0 amide bonds. The van der Waals surface area contributed by atoms with Crippen LogP contribution in [0.25, 0.3) is 32.9 Å². The Morgan fingerprint density at radius 3 is 2.90 bits per heavy atom. The maximum absolute atomic E-state index is 4.53. The first-order chi connectivity index (χ1) is 9.83. The molecule has 0 aliphatic rings. The van der Waals surface area contributed by atoms with Crippen LogP contribution in [0.2, 0.25) is 0 Å². The Labute approximate surface area is 116 Å². The molecule has 0 saturated carbocycles. The van der Waals surface area contributed by atoms with E-state index in [2.05, 4.69) is 52.2 Å². The van der Waals surface area contributed by atoms with Gasteiger partial charge in [0.2, 0.25) is 0 Å². The fraction of sp³-hybridized carbons (Fsp3) is 0.0588. The van der Waals surface area contributed by atoms with E-state index in [-0.39, 0.29) is 0 Å². The number of aromatic nitrogens is 3. The second kappa shape index (κ2) is 4.17. The van der Waals surface area contributed by atoms with Crippen LogP contribution in [0.5, 0.6) is 0 Å². The molecule has 0 spiro atoms. The number of rotatable bonds is 1. The summed E-state index contributed by atoms with van der Waals surface area (Å²) in [6.07, 6.45) is 5.46. The Morgan fingerprint density at radius 1 is 1.05 bits per heavy atom. The standard InChI is InChI=1S/C17H13N3/c1-11-3-2-4-12(7-11)14-8-16-15(9-18-10-20-16)13-5-6-19-17(13)14/h2-10H,1H3,(H,18,20). The van der Waals surface area contributed by atoms with Gasteiger partial charge in [-0.2, -0.15) is 0 Å². The highest BCUT2D eigenvalue weighted by atomic mass is 14.8. The first-order valence-corrected chi connectivity index (χ1v) is 6.60. The van der Waals surface area contributed by atoms with E-state index in [1.807, 2.05) is 18.5 Å². The van der Waals surface area contributed by atoms with Crippen molar-refractivity contribution in [2.75, 3.05) is 0 Å². The molecular formula is C17H13N3. The van der Waals surface area contributed by atoms with Crippen molar-refractivity contribution >= 4 is 21.8 Å². The third kappa shape index (κ3) is 1.60. The van der Waals surface area contributed by atoms with E-state index in [9.17, 15) is 0 Å². The summed E-state index contributed by atoms with van der Waals surface area (Å²) in [6.45, 7) is 2.11. The molecule has 0 aliphatic carbocycles. The quantitative estimate of drug-likeness (QED) is 0.559. The monoisotopic (exact) mass is 259 g/mol. The van der Waals surface area contributed by atoms with Crippen molar-refractivity contribution < 1.29 is 0 Å². The van der Waals surface area contributed by atoms with Crippen LogP contribution < -0.4 is 0 Å². The summed E-state index contributed by atoms with van der Waals surface area (Å²) in [5, 5.41) is 2.25. The predicted molar refractivity (Wildman–Crippen MR) is 81.6 cm³/mol. The lowest BCUT2D eigenvalue weighted by Gasteiger charge is -2.07. The Hall–Kier alpha value is -2.68. The molecule has 3 nitrogen and oxygen atoms in total. The molecule has 0 radical (unpaired) electrons. The molecule has 20 heavy (non-hydrogen) atoms. The number of H-pyrrole nitrogens is 1. The van der Waals surface area contributed by atoms with Gasteiger partial charge in [-0.05, 0) is 24.6 Å². The van der Waals surface area contributed by atoms with Gasteiger partial charge in [0.05, 0.1) is 11.8 Å². The summed E-state index contributed by atoms with van der Waals surface area (Å²) in [4.78, 5) is 11.9. The van der Waals surface area contributed by atoms with Gasteiger partial charge in [-0.15, -0.1) is 0 Å². The number of nitrogens with zero attached hydrogens (tertiary/aromatic N) is 2. The van der Waals surface area contributed by atoms with Crippen LogP contribution in [-0.4, -0.2) is 15.0 Å². The largest absolute Gasteiger partial charge is 0.346 e. The van der Waals surface area contributed by atoms with Crippen molar-refractivity contribution in [2.45, 2.75) is 6.92 Å². The van der Waals surface area contributed by atoms with Crippen molar-refractivity contribution in [1.29, 1.82) is 0 Å². The molecule has 0 atom stereocenters. The highest BCUT2D eigenvalue weighted by molar-refractivity contribution is 6.11. The zero-order valence-electron chi connectivity index (χ0n) is 11.1. The summed E-state index contributed by atoms with van der Waals surface area (Å²) < 4.78 is 0.